The molecule has 0 amide bonds. The zero-order valence-electron chi connectivity index (χ0n) is 9.23. The van der Waals surface area contributed by atoms with Crippen molar-refractivity contribution in [1.82, 2.24) is 14.8 Å². The molecule has 0 bridgehead atoms. The van der Waals surface area contributed by atoms with Crippen molar-refractivity contribution in [2.24, 2.45) is 0 Å². The van der Waals surface area contributed by atoms with Crippen molar-refractivity contribution in [3.8, 4) is 0 Å². The average molecular weight is 251 g/mol. The van der Waals surface area contributed by atoms with Gasteiger partial charge in [0, 0.05) is 6.54 Å². The highest BCUT2D eigenvalue weighted by Gasteiger charge is 2.13. The minimum Gasteiger partial charge on any atom is -0.253 e. The fraction of sp³-hybridized carbons (Fsp3) is 0.273. The van der Waals surface area contributed by atoms with Gasteiger partial charge in [-0.1, -0.05) is 18.2 Å². The minimum atomic E-state index is -3.18. The van der Waals surface area contributed by atoms with Crippen LogP contribution in [0.15, 0.2) is 47.9 Å². The van der Waals surface area contributed by atoms with Gasteiger partial charge in [-0.2, -0.15) is 5.10 Å². The van der Waals surface area contributed by atoms with E-state index >= 15 is 0 Å². The third-order valence-corrected chi connectivity index (χ3v) is 4.19. The van der Waals surface area contributed by atoms with Gasteiger partial charge in [0.05, 0.1) is 10.6 Å². The fourth-order valence-electron chi connectivity index (χ4n) is 1.51. The van der Waals surface area contributed by atoms with Gasteiger partial charge in [-0.05, 0) is 18.6 Å². The first-order valence-corrected chi connectivity index (χ1v) is 6.94. The van der Waals surface area contributed by atoms with E-state index in [1.165, 1.54) is 6.33 Å². The van der Waals surface area contributed by atoms with Gasteiger partial charge in [-0.3, -0.25) is 4.68 Å². The molecule has 0 atom stereocenters. The van der Waals surface area contributed by atoms with Gasteiger partial charge in [0.25, 0.3) is 0 Å². The Morgan fingerprint density at radius 1 is 1.18 bits per heavy atom. The monoisotopic (exact) mass is 251 g/mol. The maximum atomic E-state index is 11.9. The molecule has 0 saturated heterocycles. The van der Waals surface area contributed by atoms with E-state index in [0.29, 0.717) is 17.9 Å². The van der Waals surface area contributed by atoms with E-state index in [1.807, 2.05) is 0 Å². The minimum absolute atomic E-state index is 0.122. The first kappa shape index (κ1) is 11.8. The summed E-state index contributed by atoms with van der Waals surface area (Å²) in [6.45, 7) is 0.562. The molecule has 1 aromatic heterocycles. The van der Waals surface area contributed by atoms with E-state index in [2.05, 4.69) is 10.1 Å². The molecule has 0 unspecified atom stereocenters. The molecule has 0 fully saturated rings. The normalized spacial score (nSPS) is 11.5. The average Bonchev–Trinajstić information content (AvgIpc) is 2.83. The van der Waals surface area contributed by atoms with E-state index in [4.69, 9.17) is 0 Å². The van der Waals surface area contributed by atoms with Crippen LogP contribution in [0, 0.1) is 0 Å². The number of hydrogen-bond donors (Lipinski definition) is 0. The zero-order chi connectivity index (χ0) is 12.1. The van der Waals surface area contributed by atoms with Crippen molar-refractivity contribution in [3.63, 3.8) is 0 Å². The highest BCUT2D eigenvalue weighted by molar-refractivity contribution is 7.91. The lowest BCUT2D eigenvalue weighted by Gasteiger charge is -2.04. The lowest BCUT2D eigenvalue weighted by Crippen LogP contribution is -2.10. The molecule has 0 aliphatic heterocycles. The Balaban J connectivity index is 1.95. The van der Waals surface area contributed by atoms with Gasteiger partial charge in [0.15, 0.2) is 9.84 Å². The molecule has 0 aliphatic rings. The fourth-order valence-corrected chi connectivity index (χ4v) is 2.83. The van der Waals surface area contributed by atoms with Crippen LogP contribution in [0.2, 0.25) is 0 Å². The first-order valence-electron chi connectivity index (χ1n) is 5.29. The largest absolute Gasteiger partial charge is 0.253 e. The van der Waals surface area contributed by atoms with E-state index in [1.54, 1.807) is 41.3 Å². The molecule has 2 aromatic rings. The van der Waals surface area contributed by atoms with Crippen molar-refractivity contribution in [3.05, 3.63) is 43.0 Å². The lowest BCUT2D eigenvalue weighted by molar-refractivity contribution is 0.572. The summed E-state index contributed by atoms with van der Waals surface area (Å²) in [5.41, 5.74) is 0. The molecular weight excluding hydrogens is 238 g/mol. The Hall–Kier alpha value is -1.69. The Bertz CT molecular complexity index is 550. The third kappa shape index (κ3) is 3.13. The van der Waals surface area contributed by atoms with Crippen LogP contribution in [0.4, 0.5) is 0 Å². The molecule has 0 aliphatic carbocycles. The SMILES string of the molecule is O=S(=O)(CCCn1cncn1)c1ccccc1. The van der Waals surface area contributed by atoms with Gasteiger partial charge >= 0.3 is 0 Å². The van der Waals surface area contributed by atoms with Crippen molar-refractivity contribution in [2.75, 3.05) is 5.75 Å². The second-order valence-electron chi connectivity index (χ2n) is 3.64. The lowest BCUT2D eigenvalue weighted by atomic mass is 10.4. The summed E-state index contributed by atoms with van der Waals surface area (Å²) in [7, 11) is -3.18. The van der Waals surface area contributed by atoms with Gasteiger partial charge in [-0.15, -0.1) is 0 Å². The smallest absolute Gasteiger partial charge is 0.178 e. The molecule has 0 radical (unpaired) electrons. The summed E-state index contributed by atoms with van der Waals surface area (Å²) in [6, 6.07) is 8.48. The number of aryl methyl sites for hydroxylation is 1. The van der Waals surface area contributed by atoms with Crippen molar-refractivity contribution >= 4 is 9.84 Å². The van der Waals surface area contributed by atoms with Gasteiger partial charge in [0.2, 0.25) is 0 Å². The van der Waals surface area contributed by atoms with Crippen LogP contribution in [-0.4, -0.2) is 28.9 Å². The van der Waals surface area contributed by atoms with E-state index in [9.17, 15) is 8.42 Å². The summed E-state index contributed by atoms with van der Waals surface area (Å²) < 4.78 is 25.5. The quantitative estimate of drug-likeness (QED) is 0.799. The molecule has 0 spiro atoms. The van der Waals surface area contributed by atoms with Gasteiger partial charge < -0.3 is 0 Å². The van der Waals surface area contributed by atoms with Crippen molar-refractivity contribution < 1.29 is 8.42 Å². The Labute approximate surface area is 100 Å². The molecule has 1 aromatic carbocycles. The van der Waals surface area contributed by atoms with Crippen LogP contribution < -0.4 is 0 Å². The molecule has 17 heavy (non-hydrogen) atoms. The standard InChI is InChI=1S/C11H13N3O2S/c15-17(16,11-5-2-1-3-6-11)8-4-7-14-10-12-9-13-14/h1-3,5-6,9-10H,4,7-8H2. The van der Waals surface area contributed by atoms with Crippen molar-refractivity contribution in [1.29, 1.82) is 0 Å². The summed E-state index contributed by atoms with van der Waals surface area (Å²) in [5.74, 6) is 0.122. The highest BCUT2D eigenvalue weighted by atomic mass is 32.2. The second kappa shape index (κ2) is 5.09. The molecule has 1 heterocycles. The molecule has 0 saturated carbocycles. The van der Waals surface area contributed by atoms with E-state index in [0.717, 1.165) is 0 Å². The Kier molecular flexibility index (Phi) is 3.53. The Morgan fingerprint density at radius 2 is 1.94 bits per heavy atom. The number of nitrogens with zero attached hydrogens (tertiary/aromatic N) is 3. The summed E-state index contributed by atoms with van der Waals surface area (Å²) in [6.07, 6.45) is 3.54. The predicted molar refractivity (Wildman–Crippen MR) is 63.1 cm³/mol. The number of rotatable bonds is 5. The van der Waals surface area contributed by atoms with Gasteiger partial charge in [0.1, 0.15) is 12.7 Å². The summed E-state index contributed by atoms with van der Waals surface area (Å²) >= 11 is 0. The summed E-state index contributed by atoms with van der Waals surface area (Å²) in [5, 5.41) is 3.92. The molecule has 0 N–H and O–H groups in total. The molecular formula is C11H13N3O2S. The van der Waals surface area contributed by atoms with Crippen LogP contribution in [0.5, 0.6) is 0 Å². The first-order chi connectivity index (χ1) is 8.18. The number of aromatic nitrogens is 3. The molecule has 5 nitrogen and oxygen atoms in total. The van der Waals surface area contributed by atoms with Crippen LogP contribution >= 0.6 is 0 Å². The van der Waals surface area contributed by atoms with Crippen molar-refractivity contribution in [2.45, 2.75) is 17.9 Å². The molecule has 6 heteroatoms. The Morgan fingerprint density at radius 3 is 2.59 bits per heavy atom. The van der Waals surface area contributed by atoms with Gasteiger partial charge in [-0.25, -0.2) is 13.4 Å². The third-order valence-electron chi connectivity index (χ3n) is 2.37. The molecule has 90 valence electrons. The predicted octanol–water partition coefficient (Wildman–Crippen LogP) is 1.14. The zero-order valence-corrected chi connectivity index (χ0v) is 10.0. The highest BCUT2D eigenvalue weighted by Crippen LogP contribution is 2.11. The summed E-state index contributed by atoms with van der Waals surface area (Å²) in [4.78, 5) is 4.17. The van der Waals surface area contributed by atoms with E-state index in [-0.39, 0.29) is 5.75 Å². The maximum absolute atomic E-state index is 11.9. The number of benzene rings is 1. The van der Waals surface area contributed by atoms with E-state index < -0.39 is 9.84 Å². The maximum Gasteiger partial charge on any atom is 0.178 e. The van der Waals surface area contributed by atoms with Crippen LogP contribution in [-0.2, 0) is 16.4 Å². The molecule has 2 rings (SSSR count). The van der Waals surface area contributed by atoms with Crippen LogP contribution in [0.1, 0.15) is 6.42 Å². The second-order valence-corrected chi connectivity index (χ2v) is 5.75. The number of sulfone groups is 1. The van der Waals surface area contributed by atoms with Crippen LogP contribution in [0.3, 0.4) is 0 Å². The van der Waals surface area contributed by atoms with Crippen LogP contribution in [0.25, 0.3) is 0 Å². The number of hydrogen-bond acceptors (Lipinski definition) is 4. The topological polar surface area (TPSA) is 64.8 Å².